The summed E-state index contributed by atoms with van der Waals surface area (Å²) in [5.74, 6) is 0.314. The summed E-state index contributed by atoms with van der Waals surface area (Å²) in [6, 6.07) is 0.340. The van der Waals surface area contributed by atoms with E-state index in [1.807, 2.05) is 31.6 Å². The number of hydrogen-bond donors (Lipinski definition) is 0. The molecule has 0 bridgehead atoms. The maximum atomic E-state index is 11.7. The summed E-state index contributed by atoms with van der Waals surface area (Å²) < 4.78 is 1.85. The average molecular weight is 237 g/mol. The van der Waals surface area contributed by atoms with Crippen molar-refractivity contribution in [2.45, 2.75) is 59.9 Å². The van der Waals surface area contributed by atoms with Crippen LogP contribution in [-0.4, -0.2) is 20.8 Å². The monoisotopic (exact) mass is 237 g/mol. The van der Waals surface area contributed by atoms with Crippen LogP contribution < -0.4 is 0 Å². The summed E-state index contributed by atoms with van der Waals surface area (Å²) in [6.07, 6.45) is 4.27. The summed E-state index contributed by atoms with van der Waals surface area (Å²) in [4.78, 5) is 11.7. The van der Waals surface area contributed by atoms with Crippen molar-refractivity contribution in [3.63, 3.8) is 0 Å². The van der Waals surface area contributed by atoms with Crippen LogP contribution in [0.4, 0.5) is 0 Å². The first-order valence-electron chi connectivity index (χ1n) is 6.24. The number of hydrogen-bond acceptors (Lipinski definition) is 3. The third-order valence-electron chi connectivity index (χ3n) is 2.76. The topological polar surface area (TPSA) is 47.8 Å². The van der Waals surface area contributed by atoms with E-state index < -0.39 is 0 Å². The Morgan fingerprint density at radius 3 is 2.53 bits per heavy atom. The van der Waals surface area contributed by atoms with Crippen molar-refractivity contribution in [3.8, 4) is 0 Å². The van der Waals surface area contributed by atoms with Gasteiger partial charge in [0.05, 0.1) is 5.69 Å². The van der Waals surface area contributed by atoms with Gasteiger partial charge in [-0.3, -0.25) is 4.79 Å². The molecule has 96 valence electrons. The predicted octanol–water partition coefficient (Wildman–Crippen LogP) is 2.80. The van der Waals surface area contributed by atoms with Gasteiger partial charge < -0.3 is 0 Å². The SMILES string of the molecule is CC(C)n1cc(CCCC(=O)C(C)(C)C)nn1. The first-order chi connectivity index (χ1) is 7.80. The van der Waals surface area contributed by atoms with Gasteiger partial charge in [0.25, 0.3) is 0 Å². The van der Waals surface area contributed by atoms with E-state index in [2.05, 4.69) is 24.2 Å². The fourth-order valence-corrected chi connectivity index (χ4v) is 1.49. The molecule has 17 heavy (non-hydrogen) atoms. The molecule has 4 nitrogen and oxygen atoms in total. The molecule has 0 fully saturated rings. The van der Waals surface area contributed by atoms with Crippen LogP contribution in [0.3, 0.4) is 0 Å². The van der Waals surface area contributed by atoms with Gasteiger partial charge in [0.15, 0.2) is 0 Å². The number of carbonyl (C=O) groups is 1. The Morgan fingerprint density at radius 2 is 2.06 bits per heavy atom. The van der Waals surface area contributed by atoms with Crippen molar-refractivity contribution in [2.75, 3.05) is 0 Å². The first kappa shape index (κ1) is 13.9. The van der Waals surface area contributed by atoms with Crippen LogP contribution in [-0.2, 0) is 11.2 Å². The highest BCUT2D eigenvalue weighted by Crippen LogP contribution is 2.18. The summed E-state index contributed by atoms with van der Waals surface area (Å²) in [5.41, 5.74) is 0.746. The quantitative estimate of drug-likeness (QED) is 0.791. The molecule has 0 saturated heterocycles. The molecule has 0 aliphatic carbocycles. The van der Waals surface area contributed by atoms with Gasteiger partial charge in [0.2, 0.25) is 0 Å². The van der Waals surface area contributed by atoms with Gasteiger partial charge >= 0.3 is 0 Å². The van der Waals surface area contributed by atoms with Gasteiger partial charge in [-0.25, -0.2) is 4.68 Å². The number of nitrogens with zero attached hydrogens (tertiary/aromatic N) is 3. The smallest absolute Gasteiger partial charge is 0.138 e. The molecule has 0 amide bonds. The van der Waals surface area contributed by atoms with Crippen molar-refractivity contribution in [3.05, 3.63) is 11.9 Å². The maximum absolute atomic E-state index is 11.7. The Bertz CT molecular complexity index is 374. The van der Waals surface area contributed by atoms with Crippen LogP contribution in [0.1, 0.15) is 59.2 Å². The molecule has 4 heteroatoms. The average Bonchev–Trinajstić information content (AvgIpc) is 2.64. The Balaban J connectivity index is 2.38. The third-order valence-corrected chi connectivity index (χ3v) is 2.76. The second-order valence-electron chi connectivity index (χ2n) is 5.81. The predicted molar refractivity (Wildman–Crippen MR) is 67.8 cm³/mol. The maximum Gasteiger partial charge on any atom is 0.138 e. The summed E-state index contributed by atoms with van der Waals surface area (Å²) in [7, 11) is 0. The van der Waals surface area contributed by atoms with E-state index in [1.165, 1.54) is 0 Å². The molecular formula is C13H23N3O. The molecule has 1 aromatic rings. The lowest BCUT2D eigenvalue weighted by molar-refractivity contribution is -0.126. The minimum atomic E-state index is -0.227. The number of aromatic nitrogens is 3. The zero-order valence-corrected chi connectivity index (χ0v) is 11.5. The van der Waals surface area contributed by atoms with Crippen LogP contribution in [0.2, 0.25) is 0 Å². The van der Waals surface area contributed by atoms with E-state index in [0.29, 0.717) is 18.2 Å². The fourth-order valence-electron chi connectivity index (χ4n) is 1.49. The normalized spacial score (nSPS) is 12.1. The lowest BCUT2D eigenvalue weighted by Crippen LogP contribution is -2.19. The van der Waals surface area contributed by atoms with Crippen LogP contribution >= 0.6 is 0 Å². The Morgan fingerprint density at radius 1 is 1.41 bits per heavy atom. The molecule has 1 rings (SSSR count). The van der Waals surface area contributed by atoms with Crippen molar-refractivity contribution in [1.82, 2.24) is 15.0 Å². The molecule has 0 spiro atoms. The molecule has 0 saturated carbocycles. The molecule has 1 heterocycles. The summed E-state index contributed by atoms with van der Waals surface area (Å²) in [5, 5.41) is 8.14. The van der Waals surface area contributed by atoms with E-state index >= 15 is 0 Å². The highest BCUT2D eigenvalue weighted by molar-refractivity contribution is 5.83. The number of Topliss-reactive ketones (excluding diaryl/α,β-unsaturated/α-hetero) is 1. The zero-order valence-electron chi connectivity index (χ0n) is 11.5. The standard InChI is InChI=1S/C13H23N3O/c1-10(2)16-9-11(14-15-16)7-6-8-12(17)13(3,4)5/h9-10H,6-8H2,1-5H3. The number of carbonyl (C=O) groups excluding carboxylic acids is 1. The van der Waals surface area contributed by atoms with E-state index in [0.717, 1.165) is 18.5 Å². The van der Waals surface area contributed by atoms with Gasteiger partial charge in [-0.1, -0.05) is 26.0 Å². The number of ketones is 1. The van der Waals surface area contributed by atoms with Crippen molar-refractivity contribution in [2.24, 2.45) is 5.41 Å². The second-order valence-corrected chi connectivity index (χ2v) is 5.81. The second kappa shape index (κ2) is 5.43. The highest BCUT2D eigenvalue weighted by Gasteiger charge is 2.20. The molecular weight excluding hydrogens is 214 g/mol. The summed E-state index contributed by atoms with van der Waals surface area (Å²) >= 11 is 0. The molecule has 0 aliphatic rings. The number of aryl methyl sites for hydroxylation is 1. The number of rotatable bonds is 5. The van der Waals surface area contributed by atoms with Gasteiger partial charge in [-0.05, 0) is 26.7 Å². The Hall–Kier alpha value is -1.19. The van der Waals surface area contributed by atoms with Gasteiger partial charge in [0, 0.05) is 24.1 Å². The lowest BCUT2D eigenvalue weighted by atomic mass is 9.88. The molecule has 0 unspecified atom stereocenters. The minimum absolute atomic E-state index is 0.227. The molecule has 0 radical (unpaired) electrons. The van der Waals surface area contributed by atoms with Crippen LogP contribution in [0.25, 0.3) is 0 Å². The van der Waals surface area contributed by atoms with E-state index in [-0.39, 0.29) is 5.41 Å². The van der Waals surface area contributed by atoms with E-state index in [4.69, 9.17) is 0 Å². The van der Waals surface area contributed by atoms with Crippen LogP contribution in [0.15, 0.2) is 6.20 Å². The highest BCUT2D eigenvalue weighted by atomic mass is 16.1. The van der Waals surface area contributed by atoms with Crippen LogP contribution in [0.5, 0.6) is 0 Å². The molecule has 0 aromatic carbocycles. The molecule has 0 N–H and O–H groups in total. The van der Waals surface area contributed by atoms with Crippen molar-refractivity contribution in [1.29, 1.82) is 0 Å². The van der Waals surface area contributed by atoms with Crippen molar-refractivity contribution < 1.29 is 4.79 Å². The van der Waals surface area contributed by atoms with E-state index in [9.17, 15) is 4.79 Å². The molecule has 0 aliphatic heterocycles. The van der Waals surface area contributed by atoms with Crippen LogP contribution in [0, 0.1) is 5.41 Å². The fraction of sp³-hybridized carbons (Fsp3) is 0.769. The van der Waals surface area contributed by atoms with Gasteiger partial charge in [-0.15, -0.1) is 5.10 Å². The van der Waals surface area contributed by atoms with Gasteiger partial charge in [0.1, 0.15) is 5.78 Å². The van der Waals surface area contributed by atoms with Gasteiger partial charge in [-0.2, -0.15) is 0 Å². The first-order valence-corrected chi connectivity index (χ1v) is 6.24. The lowest BCUT2D eigenvalue weighted by Gasteiger charge is -2.15. The van der Waals surface area contributed by atoms with E-state index in [1.54, 1.807) is 0 Å². The Labute approximate surface area is 103 Å². The Kier molecular flexibility index (Phi) is 4.43. The minimum Gasteiger partial charge on any atom is -0.299 e. The molecule has 0 atom stereocenters. The third kappa shape index (κ3) is 4.29. The molecule has 1 aromatic heterocycles. The van der Waals surface area contributed by atoms with Crippen molar-refractivity contribution >= 4 is 5.78 Å². The summed E-state index contributed by atoms with van der Waals surface area (Å²) in [6.45, 7) is 10.0. The zero-order chi connectivity index (χ0) is 13.1. The largest absolute Gasteiger partial charge is 0.299 e.